The van der Waals surface area contributed by atoms with E-state index in [2.05, 4.69) is 10.3 Å². The Bertz CT molecular complexity index is 608. The summed E-state index contributed by atoms with van der Waals surface area (Å²) < 4.78 is 6.15. The van der Waals surface area contributed by atoms with E-state index in [-0.39, 0.29) is 17.1 Å². The van der Waals surface area contributed by atoms with E-state index >= 15 is 0 Å². The van der Waals surface area contributed by atoms with Crippen molar-refractivity contribution in [1.82, 2.24) is 15.0 Å². The van der Waals surface area contributed by atoms with Gasteiger partial charge in [0.1, 0.15) is 5.69 Å². The third-order valence-electron chi connectivity index (χ3n) is 2.26. The Morgan fingerprint density at radius 2 is 2.28 bits per heavy atom. The summed E-state index contributed by atoms with van der Waals surface area (Å²) in [6.07, 6.45) is 1.92. The molecule has 18 heavy (non-hydrogen) atoms. The SMILES string of the molecule is COc1ccc(-n2cc(C=O)nn2)cc1[N+](=O)[O-]. The molecule has 92 valence electrons. The van der Waals surface area contributed by atoms with Crippen molar-refractivity contribution >= 4 is 12.0 Å². The highest BCUT2D eigenvalue weighted by molar-refractivity contribution is 5.71. The second-order valence-corrected chi connectivity index (χ2v) is 3.32. The first-order valence-corrected chi connectivity index (χ1v) is 4.86. The number of nitro benzene ring substituents is 1. The number of carbonyl (C=O) groups is 1. The molecule has 1 aromatic carbocycles. The lowest BCUT2D eigenvalue weighted by Gasteiger charge is -2.04. The zero-order valence-corrected chi connectivity index (χ0v) is 9.31. The smallest absolute Gasteiger partial charge is 0.313 e. The van der Waals surface area contributed by atoms with Crippen LogP contribution in [0.15, 0.2) is 24.4 Å². The van der Waals surface area contributed by atoms with E-state index in [4.69, 9.17) is 4.74 Å². The minimum absolute atomic E-state index is 0.147. The van der Waals surface area contributed by atoms with Crippen LogP contribution < -0.4 is 4.74 Å². The van der Waals surface area contributed by atoms with Crippen LogP contribution in [0.4, 0.5) is 5.69 Å². The number of rotatable bonds is 4. The maximum absolute atomic E-state index is 10.8. The number of carbonyl (C=O) groups excluding carboxylic acids is 1. The summed E-state index contributed by atoms with van der Waals surface area (Å²) in [7, 11) is 1.35. The fourth-order valence-electron chi connectivity index (χ4n) is 1.42. The molecule has 2 aromatic rings. The van der Waals surface area contributed by atoms with Gasteiger partial charge in [-0.05, 0) is 12.1 Å². The van der Waals surface area contributed by atoms with E-state index in [1.54, 1.807) is 6.07 Å². The van der Waals surface area contributed by atoms with Crippen molar-refractivity contribution in [2.24, 2.45) is 0 Å². The highest BCUT2D eigenvalue weighted by Crippen LogP contribution is 2.28. The maximum Gasteiger partial charge on any atom is 0.313 e. The molecule has 2 rings (SSSR count). The van der Waals surface area contributed by atoms with Gasteiger partial charge in [-0.3, -0.25) is 14.9 Å². The molecule has 0 fully saturated rings. The predicted molar refractivity (Wildman–Crippen MR) is 60.0 cm³/mol. The first-order chi connectivity index (χ1) is 8.65. The molecule has 1 aromatic heterocycles. The standard InChI is InChI=1S/C10H8N4O4/c1-18-10-3-2-8(4-9(10)14(16)17)13-5-7(6-15)11-12-13/h2-6H,1H3. The normalized spacial score (nSPS) is 10.1. The Morgan fingerprint density at radius 1 is 1.50 bits per heavy atom. The van der Waals surface area contributed by atoms with Gasteiger partial charge < -0.3 is 4.74 Å². The lowest BCUT2D eigenvalue weighted by Crippen LogP contribution is -1.99. The van der Waals surface area contributed by atoms with Crippen LogP contribution in [0.25, 0.3) is 5.69 Å². The fourth-order valence-corrected chi connectivity index (χ4v) is 1.42. The number of aromatic nitrogens is 3. The van der Waals surface area contributed by atoms with Gasteiger partial charge in [-0.2, -0.15) is 0 Å². The van der Waals surface area contributed by atoms with E-state index in [9.17, 15) is 14.9 Å². The summed E-state index contributed by atoms with van der Waals surface area (Å²) in [5.41, 5.74) is 0.384. The molecule has 0 atom stereocenters. The van der Waals surface area contributed by atoms with Crippen molar-refractivity contribution in [1.29, 1.82) is 0 Å². The number of nitro groups is 1. The summed E-state index contributed by atoms with van der Waals surface area (Å²) >= 11 is 0. The molecule has 8 nitrogen and oxygen atoms in total. The largest absolute Gasteiger partial charge is 0.490 e. The highest BCUT2D eigenvalue weighted by atomic mass is 16.6. The molecule has 0 saturated carbocycles. The average molecular weight is 248 g/mol. The van der Waals surface area contributed by atoms with E-state index in [1.165, 1.54) is 30.1 Å². The molecule has 1 heterocycles. The monoisotopic (exact) mass is 248 g/mol. The van der Waals surface area contributed by atoms with Crippen molar-refractivity contribution in [3.8, 4) is 11.4 Å². The van der Waals surface area contributed by atoms with Gasteiger partial charge in [0.15, 0.2) is 12.0 Å². The molecule has 0 aliphatic carbocycles. The molecule has 8 heteroatoms. The maximum atomic E-state index is 10.8. The Kier molecular flexibility index (Phi) is 3.00. The van der Waals surface area contributed by atoms with Gasteiger partial charge in [-0.25, -0.2) is 4.68 Å². The van der Waals surface area contributed by atoms with Crippen LogP contribution >= 0.6 is 0 Å². The first kappa shape index (κ1) is 11.7. The second-order valence-electron chi connectivity index (χ2n) is 3.32. The average Bonchev–Trinajstić information content (AvgIpc) is 2.86. The molecule has 0 saturated heterocycles. The first-order valence-electron chi connectivity index (χ1n) is 4.86. The van der Waals surface area contributed by atoms with Crippen LogP contribution in [0.5, 0.6) is 5.75 Å². The highest BCUT2D eigenvalue weighted by Gasteiger charge is 2.16. The van der Waals surface area contributed by atoms with Crippen molar-refractivity contribution in [2.75, 3.05) is 7.11 Å². The lowest BCUT2D eigenvalue weighted by atomic mass is 10.2. The fraction of sp³-hybridized carbons (Fsp3) is 0.100. The Balaban J connectivity index is 2.49. The lowest BCUT2D eigenvalue weighted by molar-refractivity contribution is -0.385. The van der Waals surface area contributed by atoms with E-state index in [0.717, 1.165) is 0 Å². The van der Waals surface area contributed by atoms with Crippen LogP contribution in [-0.2, 0) is 0 Å². The van der Waals surface area contributed by atoms with Crippen molar-refractivity contribution in [2.45, 2.75) is 0 Å². The quantitative estimate of drug-likeness (QED) is 0.454. The van der Waals surface area contributed by atoms with Crippen molar-refractivity contribution < 1.29 is 14.5 Å². The van der Waals surface area contributed by atoms with Crippen LogP contribution in [0.3, 0.4) is 0 Å². The number of ether oxygens (including phenoxy) is 1. The van der Waals surface area contributed by atoms with Crippen LogP contribution in [0.2, 0.25) is 0 Å². The molecular weight excluding hydrogens is 240 g/mol. The number of nitrogens with zero attached hydrogens (tertiary/aromatic N) is 4. The topological polar surface area (TPSA) is 100 Å². The number of hydrogen-bond acceptors (Lipinski definition) is 6. The molecular formula is C10H8N4O4. The van der Waals surface area contributed by atoms with Gasteiger partial charge in [-0.1, -0.05) is 5.21 Å². The van der Waals surface area contributed by atoms with Crippen LogP contribution in [-0.4, -0.2) is 33.3 Å². The van der Waals surface area contributed by atoms with Crippen molar-refractivity contribution in [3.63, 3.8) is 0 Å². The zero-order chi connectivity index (χ0) is 13.1. The summed E-state index contributed by atoms with van der Waals surface area (Å²) in [5.74, 6) is 0.152. The minimum atomic E-state index is -0.556. The summed E-state index contributed by atoms with van der Waals surface area (Å²) in [4.78, 5) is 20.8. The summed E-state index contributed by atoms with van der Waals surface area (Å²) in [6, 6.07) is 4.33. The molecule has 0 radical (unpaired) electrons. The van der Waals surface area contributed by atoms with Gasteiger partial charge in [0.05, 0.1) is 23.9 Å². The third-order valence-corrected chi connectivity index (χ3v) is 2.26. The third kappa shape index (κ3) is 2.03. The molecule has 0 N–H and O–H groups in total. The van der Waals surface area contributed by atoms with Crippen molar-refractivity contribution in [3.05, 3.63) is 40.2 Å². The van der Waals surface area contributed by atoms with Crippen LogP contribution in [0, 0.1) is 10.1 Å². The van der Waals surface area contributed by atoms with Gasteiger partial charge in [0.2, 0.25) is 0 Å². The summed E-state index contributed by atoms with van der Waals surface area (Å²) in [6.45, 7) is 0. The Hall–Kier alpha value is -2.77. The summed E-state index contributed by atoms with van der Waals surface area (Å²) in [5, 5.41) is 18.1. The van der Waals surface area contributed by atoms with Gasteiger partial charge in [-0.15, -0.1) is 5.10 Å². The zero-order valence-electron chi connectivity index (χ0n) is 9.31. The number of methoxy groups -OCH3 is 1. The van der Waals surface area contributed by atoms with Gasteiger partial charge in [0.25, 0.3) is 0 Å². The minimum Gasteiger partial charge on any atom is -0.490 e. The molecule has 0 bridgehead atoms. The number of hydrogen-bond donors (Lipinski definition) is 0. The van der Waals surface area contributed by atoms with E-state index < -0.39 is 4.92 Å². The molecule has 0 amide bonds. The van der Waals surface area contributed by atoms with E-state index in [0.29, 0.717) is 12.0 Å². The Morgan fingerprint density at radius 3 is 2.83 bits per heavy atom. The molecule has 0 aliphatic rings. The Labute approximate surface area is 101 Å². The van der Waals surface area contributed by atoms with E-state index in [1.807, 2.05) is 0 Å². The molecule has 0 unspecified atom stereocenters. The molecule has 0 spiro atoms. The second kappa shape index (κ2) is 4.62. The molecule has 0 aliphatic heterocycles. The number of benzene rings is 1. The predicted octanol–water partition coefficient (Wildman–Crippen LogP) is 0.997. The van der Waals surface area contributed by atoms with Crippen LogP contribution in [0.1, 0.15) is 10.5 Å². The number of aldehydes is 1. The van der Waals surface area contributed by atoms with Gasteiger partial charge >= 0.3 is 5.69 Å². The van der Waals surface area contributed by atoms with Gasteiger partial charge in [0, 0.05) is 6.07 Å².